The van der Waals surface area contributed by atoms with E-state index in [1.165, 1.54) is 25.7 Å². The lowest BCUT2D eigenvalue weighted by Crippen LogP contribution is -2.39. The Labute approximate surface area is 142 Å². The average molecular weight is 338 g/mol. The number of carbonyl (C=O) groups excluding carboxylic acids is 2. The maximum atomic E-state index is 12.4. The number of carbonyl (C=O) groups is 2. The molecule has 1 aliphatic heterocycles. The van der Waals surface area contributed by atoms with Crippen LogP contribution in [0.5, 0.6) is 0 Å². The van der Waals surface area contributed by atoms with Crippen molar-refractivity contribution in [3.05, 3.63) is 29.3 Å². The van der Waals surface area contributed by atoms with Gasteiger partial charge in [0.05, 0.1) is 6.04 Å². The summed E-state index contributed by atoms with van der Waals surface area (Å²) in [5.74, 6) is 0.135. The SMILES string of the molecule is Cc1ccc(NC(=O)C2CC3CCCCC3N2)cc1C(N)=O.Cl. The number of nitrogens with two attached hydrogens (primary N) is 1. The number of anilines is 1. The molecule has 2 fully saturated rings. The van der Waals surface area contributed by atoms with Crippen molar-refractivity contribution in [3.63, 3.8) is 0 Å². The quantitative estimate of drug-likeness (QED) is 0.791. The minimum atomic E-state index is -0.474. The van der Waals surface area contributed by atoms with Gasteiger partial charge in [0.2, 0.25) is 11.8 Å². The average Bonchev–Trinajstić information content (AvgIpc) is 2.93. The standard InChI is InChI=1S/C17H23N3O2.ClH/c1-10-6-7-12(9-13(10)16(18)21)19-17(22)15-8-11-4-2-3-5-14(11)20-15;/h6-7,9,11,14-15,20H,2-5,8H2,1H3,(H2,18,21)(H,19,22);1H. The molecule has 5 nitrogen and oxygen atoms in total. The Bertz CT molecular complexity index is 592. The highest BCUT2D eigenvalue weighted by Crippen LogP contribution is 2.33. The Morgan fingerprint density at radius 1 is 1.26 bits per heavy atom. The summed E-state index contributed by atoms with van der Waals surface area (Å²) in [4.78, 5) is 23.8. The van der Waals surface area contributed by atoms with E-state index in [2.05, 4.69) is 10.6 Å². The van der Waals surface area contributed by atoms with E-state index in [0.29, 0.717) is 23.2 Å². The van der Waals surface area contributed by atoms with Crippen molar-refractivity contribution in [2.24, 2.45) is 11.7 Å². The molecule has 0 aromatic heterocycles. The molecule has 3 rings (SSSR count). The minimum Gasteiger partial charge on any atom is -0.366 e. The van der Waals surface area contributed by atoms with Gasteiger partial charge in [-0.2, -0.15) is 0 Å². The summed E-state index contributed by atoms with van der Waals surface area (Å²) >= 11 is 0. The molecule has 1 heterocycles. The van der Waals surface area contributed by atoms with Crippen LogP contribution in [0.2, 0.25) is 0 Å². The van der Waals surface area contributed by atoms with Crippen LogP contribution in [0.25, 0.3) is 0 Å². The van der Waals surface area contributed by atoms with Crippen molar-refractivity contribution in [2.75, 3.05) is 5.32 Å². The van der Waals surface area contributed by atoms with E-state index in [9.17, 15) is 9.59 Å². The Balaban J connectivity index is 0.00000192. The van der Waals surface area contributed by atoms with E-state index in [-0.39, 0.29) is 24.4 Å². The lowest BCUT2D eigenvalue weighted by molar-refractivity contribution is -0.117. The second kappa shape index (κ2) is 7.32. The number of fused-ring (bicyclic) bond motifs is 1. The number of nitrogens with one attached hydrogen (secondary N) is 2. The van der Waals surface area contributed by atoms with Gasteiger partial charge in [-0.25, -0.2) is 0 Å². The summed E-state index contributed by atoms with van der Waals surface area (Å²) < 4.78 is 0. The Hall–Kier alpha value is -1.59. The molecule has 1 saturated heterocycles. The van der Waals surface area contributed by atoms with Gasteiger partial charge in [0.1, 0.15) is 0 Å². The molecule has 1 aliphatic carbocycles. The second-order valence-corrected chi connectivity index (χ2v) is 6.49. The molecule has 0 radical (unpaired) electrons. The first-order chi connectivity index (χ1) is 10.5. The number of benzene rings is 1. The van der Waals surface area contributed by atoms with Crippen LogP contribution in [0.4, 0.5) is 5.69 Å². The largest absolute Gasteiger partial charge is 0.366 e. The molecule has 0 spiro atoms. The number of amides is 2. The van der Waals surface area contributed by atoms with E-state index >= 15 is 0 Å². The van der Waals surface area contributed by atoms with Gasteiger partial charge in [0.25, 0.3) is 0 Å². The van der Waals surface area contributed by atoms with Gasteiger partial charge in [0.15, 0.2) is 0 Å². The number of aryl methyl sites for hydroxylation is 1. The van der Waals surface area contributed by atoms with E-state index in [1.807, 2.05) is 13.0 Å². The number of primary amides is 1. The maximum Gasteiger partial charge on any atom is 0.249 e. The number of hydrogen-bond donors (Lipinski definition) is 3. The first-order valence-corrected chi connectivity index (χ1v) is 8.02. The second-order valence-electron chi connectivity index (χ2n) is 6.49. The van der Waals surface area contributed by atoms with Crippen LogP contribution in [0, 0.1) is 12.8 Å². The van der Waals surface area contributed by atoms with Gasteiger partial charge >= 0.3 is 0 Å². The van der Waals surface area contributed by atoms with Gasteiger partial charge in [-0.05, 0) is 49.8 Å². The normalized spacial score (nSPS) is 26.0. The van der Waals surface area contributed by atoms with Crippen LogP contribution in [0.15, 0.2) is 18.2 Å². The predicted octanol–water partition coefficient (Wildman–Crippen LogP) is 2.37. The van der Waals surface area contributed by atoms with Crippen LogP contribution in [-0.4, -0.2) is 23.9 Å². The molecule has 23 heavy (non-hydrogen) atoms. The molecular weight excluding hydrogens is 314 g/mol. The Morgan fingerprint density at radius 2 is 2.00 bits per heavy atom. The molecule has 1 aromatic carbocycles. The number of halogens is 1. The molecule has 1 saturated carbocycles. The molecule has 3 unspecified atom stereocenters. The van der Waals surface area contributed by atoms with Crippen molar-refractivity contribution in [1.29, 1.82) is 0 Å². The van der Waals surface area contributed by atoms with Crippen molar-refractivity contribution >= 4 is 29.9 Å². The zero-order valence-electron chi connectivity index (χ0n) is 13.3. The molecule has 4 N–H and O–H groups in total. The van der Waals surface area contributed by atoms with Crippen molar-refractivity contribution in [3.8, 4) is 0 Å². The van der Waals surface area contributed by atoms with E-state index in [4.69, 9.17) is 5.73 Å². The van der Waals surface area contributed by atoms with Crippen LogP contribution < -0.4 is 16.4 Å². The molecule has 6 heteroatoms. The van der Waals surface area contributed by atoms with Gasteiger partial charge in [-0.3, -0.25) is 9.59 Å². The molecule has 2 aliphatic rings. The summed E-state index contributed by atoms with van der Waals surface area (Å²) in [6.45, 7) is 1.83. The fourth-order valence-electron chi connectivity index (χ4n) is 3.72. The van der Waals surface area contributed by atoms with Gasteiger partial charge in [0, 0.05) is 17.3 Å². The molecular formula is C17H24ClN3O2. The zero-order chi connectivity index (χ0) is 15.7. The fourth-order valence-corrected chi connectivity index (χ4v) is 3.72. The van der Waals surface area contributed by atoms with Crippen molar-refractivity contribution < 1.29 is 9.59 Å². The predicted molar refractivity (Wildman–Crippen MR) is 92.9 cm³/mol. The van der Waals surface area contributed by atoms with Crippen LogP contribution >= 0.6 is 12.4 Å². The first-order valence-electron chi connectivity index (χ1n) is 8.02. The van der Waals surface area contributed by atoms with E-state index < -0.39 is 5.91 Å². The van der Waals surface area contributed by atoms with Crippen molar-refractivity contribution in [1.82, 2.24) is 5.32 Å². The Morgan fingerprint density at radius 3 is 2.70 bits per heavy atom. The van der Waals surface area contributed by atoms with Crippen LogP contribution in [0.1, 0.15) is 48.0 Å². The highest BCUT2D eigenvalue weighted by atomic mass is 35.5. The number of hydrogen-bond acceptors (Lipinski definition) is 3. The lowest BCUT2D eigenvalue weighted by atomic mass is 9.85. The van der Waals surface area contributed by atoms with Gasteiger partial charge < -0.3 is 16.4 Å². The van der Waals surface area contributed by atoms with E-state index in [0.717, 1.165) is 12.0 Å². The van der Waals surface area contributed by atoms with Crippen LogP contribution in [0.3, 0.4) is 0 Å². The molecule has 126 valence electrons. The van der Waals surface area contributed by atoms with Crippen molar-refractivity contribution in [2.45, 2.75) is 51.1 Å². The van der Waals surface area contributed by atoms with Crippen LogP contribution in [-0.2, 0) is 4.79 Å². The fraction of sp³-hybridized carbons (Fsp3) is 0.529. The monoisotopic (exact) mass is 337 g/mol. The topological polar surface area (TPSA) is 84.2 Å². The maximum absolute atomic E-state index is 12.4. The summed E-state index contributed by atoms with van der Waals surface area (Å²) in [7, 11) is 0. The summed E-state index contributed by atoms with van der Waals surface area (Å²) in [5.41, 5.74) is 7.24. The third-order valence-electron chi connectivity index (χ3n) is 4.95. The summed E-state index contributed by atoms with van der Waals surface area (Å²) in [6.07, 6.45) is 5.83. The summed E-state index contributed by atoms with van der Waals surface area (Å²) in [6, 6.07) is 5.62. The first kappa shape index (κ1) is 17.8. The molecule has 2 amide bonds. The van der Waals surface area contributed by atoms with Gasteiger partial charge in [-0.15, -0.1) is 12.4 Å². The lowest BCUT2D eigenvalue weighted by Gasteiger charge is -2.24. The molecule has 3 atom stereocenters. The summed E-state index contributed by atoms with van der Waals surface area (Å²) in [5, 5.41) is 6.36. The van der Waals surface area contributed by atoms with Gasteiger partial charge in [-0.1, -0.05) is 18.9 Å². The van der Waals surface area contributed by atoms with E-state index in [1.54, 1.807) is 12.1 Å². The third-order valence-corrected chi connectivity index (χ3v) is 4.95. The zero-order valence-corrected chi connectivity index (χ0v) is 14.1. The number of rotatable bonds is 3. The highest BCUT2D eigenvalue weighted by Gasteiger charge is 2.38. The smallest absolute Gasteiger partial charge is 0.249 e. The Kier molecular flexibility index (Phi) is 5.65. The molecule has 0 bridgehead atoms. The highest BCUT2D eigenvalue weighted by molar-refractivity contribution is 5.98. The minimum absolute atomic E-state index is 0. The third kappa shape index (κ3) is 3.85. The molecule has 1 aromatic rings.